The number of hydrogen-bond donors (Lipinski definition) is 5. The lowest BCUT2D eigenvalue weighted by Gasteiger charge is -2.28. The normalized spacial score (nSPS) is 12.7. The van der Waals surface area contributed by atoms with E-state index in [1.165, 1.54) is 42.7 Å². The number of phenolic OH excluding ortho intramolecular Hbond substituents is 2. The third-order valence-corrected chi connectivity index (χ3v) is 11.1. The van der Waals surface area contributed by atoms with Gasteiger partial charge in [-0.25, -0.2) is 4.79 Å². The van der Waals surface area contributed by atoms with Gasteiger partial charge in [-0.15, -0.1) is 17.0 Å². The second-order valence-corrected chi connectivity index (χ2v) is 20.7. The van der Waals surface area contributed by atoms with E-state index in [1.807, 2.05) is 76.2 Å². The monoisotopic (exact) mass is 1090 g/mol. The number of benzene rings is 2. The SMILES string of the molecule is Br.CC(C)(C)c1cc(C(=O)Cn2cc3cc(C(F)(F)F)ccn3c2=N)cc(C(C)(C)C)c1O.O=C(O)C(F)(F)F.[CH2+]C(C)(C)c1cc(C(=O)Cn2cc3cc(C(F)(F)F)ccn3c2=N)cc(C(C)(C)C)c1O. The number of alkyl halides is 9. The molecule has 0 fully saturated rings. The van der Waals surface area contributed by atoms with E-state index >= 15 is 0 Å². The summed E-state index contributed by atoms with van der Waals surface area (Å²) in [5, 5.41) is 45.3. The van der Waals surface area contributed by atoms with Crippen molar-refractivity contribution in [3.8, 4) is 11.5 Å². The van der Waals surface area contributed by atoms with Gasteiger partial charge in [0.05, 0.1) is 42.2 Å². The highest BCUT2D eigenvalue weighted by Crippen LogP contribution is 2.41. The Hall–Kier alpha value is -6.45. The minimum Gasteiger partial charge on any atom is -0.507 e. The number of carboxylic acids is 1. The number of carbonyl (C=O) groups is 3. The van der Waals surface area contributed by atoms with Crippen LogP contribution in [0.5, 0.6) is 11.5 Å². The van der Waals surface area contributed by atoms with Crippen LogP contribution < -0.4 is 11.2 Å². The molecule has 0 aliphatic carbocycles. The second-order valence-electron chi connectivity index (χ2n) is 20.7. The van der Waals surface area contributed by atoms with Crippen molar-refractivity contribution in [3.05, 3.63) is 136 Å². The first-order valence-electron chi connectivity index (χ1n) is 21.6. The van der Waals surface area contributed by atoms with Gasteiger partial charge in [0.1, 0.15) is 16.9 Å². The van der Waals surface area contributed by atoms with E-state index in [2.05, 4.69) is 6.92 Å². The molecule has 12 nitrogen and oxygen atoms in total. The highest BCUT2D eigenvalue weighted by molar-refractivity contribution is 8.93. The molecule has 6 rings (SSSR count). The molecular formula is C50H57BrF9N6O6+. The summed E-state index contributed by atoms with van der Waals surface area (Å²) in [5.74, 6) is -3.13. The van der Waals surface area contributed by atoms with Crippen LogP contribution in [0.3, 0.4) is 0 Å². The zero-order valence-electron chi connectivity index (χ0n) is 41.2. The Labute approximate surface area is 419 Å². The number of imidazole rings is 2. The van der Waals surface area contributed by atoms with E-state index in [0.717, 1.165) is 24.3 Å². The molecule has 0 spiro atoms. The van der Waals surface area contributed by atoms with Gasteiger partial charge >= 0.3 is 24.5 Å². The summed E-state index contributed by atoms with van der Waals surface area (Å²) in [6.07, 6.45) is -9.01. The molecule has 0 unspecified atom stereocenters. The van der Waals surface area contributed by atoms with Crippen molar-refractivity contribution in [1.29, 1.82) is 10.8 Å². The molecule has 22 heteroatoms. The predicted octanol–water partition coefficient (Wildman–Crippen LogP) is 11.9. The highest BCUT2D eigenvalue weighted by Gasteiger charge is 2.38. The summed E-state index contributed by atoms with van der Waals surface area (Å²) in [6.45, 7) is 24.7. The standard InChI is InChI=1S/C24H28F3N3O2.C24H26F3N3O2.C2HF3O2.BrH/c2*1-22(2,3)17-9-14(10-18(20(17)32)23(4,5)6)19(31)13-29-12-16-11-15(24(25,26)27)7-8-30(16)21(29)28;3-2(4,5)1(6)7;/h7-12,28,32H,13H2,1-6H3;7-12,28H,1,13H2,2-6H3;(H,6,7);1H/p+1. The summed E-state index contributed by atoms with van der Waals surface area (Å²) >= 11 is 0. The number of Topliss-reactive ketones (excluding diaryl/α,β-unsaturated/α-hetero) is 2. The summed E-state index contributed by atoms with van der Waals surface area (Å²) in [4.78, 5) is 35.2. The lowest BCUT2D eigenvalue weighted by molar-refractivity contribution is -0.192. The first kappa shape index (κ1) is 59.9. The van der Waals surface area contributed by atoms with Crippen LogP contribution in [0.2, 0.25) is 0 Å². The van der Waals surface area contributed by atoms with Crippen molar-refractivity contribution in [2.24, 2.45) is 0 Å². The molecule has 72 heavy (non-hydrogen) atoms. The Morgan fingerprint density at radius 3 is 1.07 bits per heavy atom. The molecule has 0 saturated carbocycles. The first-order chi connectivity index (χ1) is 31.9. The number of nitrogens with one attached hydrogen (secondary N) is 2. The zero-order chi connectivity index (χ0) is 54.5. The number of aromatic nitrogens is 4. The Balaban J connectivity index is 0.000000332. The van der Waals surface area contributed by atoms with Gasteiger partial charge in [0, 0.05) is 58.2 Å². The number of halogens is 10. The number of nitrogens with zero attached hydrogens (tertiary/aromatic N) is 4. The van der Waals surface area contributed by atoms with Gasteiger partial charge in [0.25, 0.3) is 0 Å². The van der Waals surface area contributed by atoms with Gasteiger partial charge in [-0.3, -0.25) is 29.2 Å². The number of hydrogen-bond acceptors (Lipinski definition) is 7. The smallest absolute Gasteiger partial charge is 0.490 e. The number of ketones is 2. The Morgan fingerprint density at radius 1 is 0.542 bits per heavy atom. The molecule has 0 radical (unpaired) electrons. The number of fused-ring (bicyclic) bond motifs is 2. The molecule has 5 N–H and O–H groups in total. The number of carboxylic acid groups (broad SMARTS) is 1. The molecule has 0 atom stereocenters. The molecule has 0 amide bonds. The average molecular weight is 1090 g/mol. The van der Waals surface area contributed by atoms with E-state index in [0.29, 0.717) is 33.4 Å². The van der Waals surface area contributed by atoms with Crippen molar-refractivity contribution in [3.63, 3.8) is 0 Å². The fourth-order valence-electron chi connectivity index (χ4n) is 7.25. The van der Waals surface area contributed by atoms with Gasteiger partial charge < -0.3 is 24.5 Å². The number of carbonyl (C=O) groups excluding carboxylic acids is 2. The van der Waals surface area contributed by atoms with Gasteiger partial charge in [-0.1, -0.05) is 62.3 Å². The third kappa shape index (κ3) is 13.9. The van der Waals surface area contributed by atoms with E-state index < -0.39 is 57.3 Å². The fourth-order valence-corrected chi connectivity index (χ4v) is 7.25. The molecule has 6 aromatic rings. The van der Waals surface area contributed by atoms with Crippen LogP contribution in [0.4, 0.5) is 39.5 Å². The minimum atomic E-state index is -5.08. The van der Waals surface area contributed by atoms with Crippen LogP contribution in [-0.2, 0) is 51.9 Å². The van der Waals surface area contributed by atoms with Gasteiger partial charge in [0.15, 0.2) is 11.6 Å². The molecule has 0 aliphatic rings. The van der Waals surface area contributed by atoms with E-state index in [1.54, 1.807) is 24.3 Å². The lowest BCUT2D eigenvalue weighted by Crippen LogP contribution is -2.25. The second kappa shape index (κ2) is 20.6. The molecule has 2 aromatic carbocycles. The summed E-state index contributed by atoms with van der Waals surface area (Å²) in [6, 6.07) is 10.3. The predicted molar refractivity (Wildman–Crippen MR) is 256 cm³/mol. The lowest BCUT2D eigenvalue weighted by atomic mass is 9.78. The number of rotatable bonds is 7. The molecular weight excluding hydrogens is 1030 g/mol. The van der Waals surface area contributed by atoms with E-state index in [4.69, 9.17) is 20.7 Å². The van der Waals surface area contributed by atoms with Crippen molar-refractivity contribution in [2.45, 2.75) is 129 Å². The number of pyridine rings is 2. The van der Waals surface area contributed by atoms with Crippen molar-refractivity contribution >= 4 is 45.6 Å². The van der Waals surface area contributed by atoms with E-state index in [9.17, 15) is 59.3 Å². The molecule has 0 bridgehead atoms. The van der Waals surface area contributed by atoms with Crippen molar-refractivity contribution in [2.75, 3.05) is 0 Å². The van der Waals surface area contributed by atoms with Crippen molar-refractivity contribution < 1.29 is 69.2 Å². The third-order valence-electron chi connectivity index (χ3n) is 11.1. The molecule has 4 aromatic heterocycles. The average Bonchev–Trinajstić information content (AvgIpc) is 3.68. The van der Waals surface area contributed by atoms with Gasteiger partial charge in [-0.05, 0) is 78.6 Å². The summed E-state index contributed by atoms with van der Waals surface area (Å²) < 4.78 is 115. The maximum Gasteiger partial charge on any atom is 0.490 e. The molecule has 0 saturated heterocycles. The number of phenols is 2. The fraction of sp³-hybridized carbons (Fsp3) is 0.400. The minimum absolute atomic E-state index is 0. The maximum absolute atomic E-state index is 13.2. The van der Waals surface area contributed by atoms with Crippen LogP contribution in [0.1, 0.15) is 130 Å². The van der Waals surface area contributed by atoms with Crippen LogP contribution in [0, 0.1) is 17.7 Å². The van der Waals surface area contributed by atoms with Crippen LogP contribution in [0.25, 0.3) is 11.0 Å². The van der Waals surface area contributed by atoms with Gasteiger partial charge in [0.2, 0.25) is 11.2 Å². The highest BCUT2D eigenvalue weighted by atomic mass is 79.9. The largest absolute Gasteiger partial charge is 0.507 e. The Kier molecular flexibility index (Phi) is 17.1. The summed E-state index contributed by atoms with van der Waals surface area (Å²) in [7, 11) is 0. The quantitative estimate of drug-likeness (QED) is 0.0603. The maximum atomic E-state index is 13.2. The van der Waals surface area contributed by atoms with E-state index in [-0.39, 0.29) is 75.4 Å². The topological polar surface area (TPSA) is 178 Å². The van der Waals surface area contributed by atoms with Crippen LogP contribution >= 0.6 is 17.0 Å². The Bertz CT molecular complexity index is 2860. The van der Waals surface area contributed by atoms with Gasteiger partial charge in [-0.2, -0.15) is 39.5 Å². The van der Waals surface area contributed by atoms with Crippen LogP contribution in [-0.4, -0.2) is 57.0 Å². The zero-order valence-corrected chi connectivity index (χ0v) is 42.9. The summed E-state index contributed by atoms with van der Waals surface area (Å²) in [5.41, 5.74) is -0.296. The van der Waals surface area contributed by atoms with Crippen molar-refractivity contribution in [1.82, 2.24) is 17.9 Å². The number of aliphatic carboxylic acids is 1. The van der Waals surface area contributed by atoms with Crippen LogP contribution in [0.15, 0.2) is 73.3 Å². The Morgan fingerprint density at radius 2 is 0.819 bits per heavy atom. The number of aromatic hydroxyl groups is 2. The molecule has 0 aliphatic heterocycles. The molecule has 4 heterocycles. The first-order valence-corrected chi connectivity index (χ1v) is 21.6. The molecule has 392 valence electrons.